The van der Waals surface area contributed by atoms with E-state index in [1.54, 1.807) is 11.8 Å². The number of nitrogens with zero attached hydrogens (tertiary/aromatic N) is 2. The molecule has 2 aromatic carbocycles. The normalized spacial score (nSPS) is 18.1. The molecular formula is C20H16ClN3S. The van der Waals surface area contributed by atoms with Gasteiger partial charge in [-0.05, 0) is 35.2 Å². The molecule has 0 spiro atoms. The molecule has 0 saturated heterocycles. The van der Waals surface area contributed by atoms with E-state index in [4.69, 9.17) is 11.6 Å². The first kappa shape index (κ1) is 16.1. The van der Waals surface area contributed by atoms with Crippen LogP contribution < -0.4 is 5.32 Å². The molecule has 1 N–H and O–H groups in total. The summed E-state index contributed by atoms with van der Waals surface area (Å²) in [6, 6.07) is 18.6. The van der Waals surface area contributed by atoms with Crippen molar-refractivity contribution in [1.29, 1.82) is 5.26 Å². The maximum absolute atomic E-state index is 9.74. The standard InChI is InChI=1S/C20H16ClN3S/c21-17-7-5-15(6-8-17)18-13-25-20(23-18)19(11-22)24-10-9-14-3-1-2-4-16(14)12-24/h1-8,13,23H,9-10,12H2. The molecule has 2 aliphatic rings. The van der Waals surface area contributed by atoms with Gasteiger partial charge in [0.25, 0.3) is 0 Å². The Morgan fingerprint density at radius 2 is 1.88 bits per heavy atom. The van der Waals surface area contributed by atoms with E-state index < -0.39 is 0 Å². The van der Waals surface area contributed by atoms with Crippen LogP contribution >= 0.6 is 23.4 Å². The van der Waals surface area contributed by atoms with E-state index in [0.29, 0.717) is 5.70 Å². The summed E-state index contributed by atoms with van der Waals surface area (Å²) in [4.78, 5) is 2.16. The van der Waals surface area contributed by atoms with Crippen LogP contribution in [-0.4, -0.2) is 11.4 Å². The minimum absolute atomic E-state index is 0.708. The summed E-state index contributed by atoms with van der Waals surface area (Å²) in [7, 11) is 0. The summed E-state index contributed by atoms with van der Waals surface area (Å²) >= 11 is 7.53. The highest BCUT2D eigenvalue weighted by Gasteiger charge is 2.23. The molecule has 25 heavy (non-hydrogen) atoms. The summed E-state index contributed by atoms with van der Waals surface area (Å²) in [5.41, 5.74) is 5.46. The van der Waals surface area contributed by atoms with Crippen LogP contribution in [0.4, 0.5) is 0 Å². The molecule has 0 fully saturated rings. The molecule has 3 nitrogen and oxygen atoms in total. The van der Waals surface area contributed by atoms with Gasteiger partial charge in [0, 0.05) is 23.5 Å². The van der Waals surface area contributed by atoms with Crippen molar-refractivity contribution in [3.63, 3.8) is 0 Å². The van der Waals surface area contributed by atoms with Crippen molar-refractivity contribution in [2.75, 3.05) is 6.54 Å². The molecule has 0 amide bonds. The summed E-state index contributed by atoms with van der Waals surface area (Å²) < 4.78 is 0. The Labute approximate surface area is 156 Å². The molecule has 0 saturated carbocycles. The third kappa shape index (κ3) is 3.26. The zero-order chi connectivity index (χ0) is 17.2. The molecule has 2 heterocycles. The van der Waals surface area contributed by atoms with Crippen molar-refractivity contribution in [1.82, 2.24) is 10.2 Å². The van der Waals surface area contributed by atoms with E-state index in [1.165, 1.54) is 11.1 Å². The van der Waals surface area contributed by atoms with Crippen LogP contribution in [0.1, 0.15) is 16.7 Å². The SMILES string of the molecule is N#CC(=C1NC(c2ccc(Cl)cc2)=CS1)N1CCc2ccccc2C1. The number of allylic oxidation sites excluding steroid dienone is 1. The topological polar surface area (TPSA) is 39.1 Å². The van der Waals surface area contributed by atoms with Gasteiger partial charge in [0.2, 0.25) is 0 Å². The third-order valence-corrected chi connectivity index (χ3v) is 5.60. The fourth-order valence-corrected chi connectivity index (χ4v) is 4.15. The second kappa shape index (κ2) is 6.87. The van der Waals surface area contributed by atoms with Crippen LogP contribution in [0.15, 0.2) is 64.7 Å². The molecule has 0 unspecified atom stereocenters. The van der Waals surface area contributed by atoms with E-state index in [-0.39, 0.29) is 0 Å². The molecule has 2 aliphatic heterocycles. The van der Waals surface area contributed by atoms with Gasteiger partial charge in [0.1, 0.15) is 16.8 Å². The fraction of sp³-hybridized carbons (Fsp3) is 0.150. The maximum Gasteiger partial charge on any atom is 0.147 e. The van der Waals surface area contributed by atoms with Gasteiger partial charge in [-0.3, -0.25) is 0 Å². The predicted octanol–water partition coefficient (Wildman–Crippen LogP) is 4.73. The van der Waals surface area contributed by atoms with Crippen LogP contribution in [0, 0.1) is 11.3 Å². The highest BCUT2D eigenvalue weighted by molar-refractivity contribution is 8.06. The van der Waals surface area contributed by atoms with Crippen LogP contribution in [0.3, 0.4) is 0 Å². The van der Waals surface area contributed by atoms with Gasteiger partial charge in [0.15, 0.2) is 0 Å². The van der Waals surface area contributed by atoms with Gasteiger partial charge in [-0.2, -0.15) is 5.26 Å². The van der Waals surface area contributed by atoms with E-state index in [9.17, 15) is 5.26 Å². The molecular weight excluding hydrogens is 350 g/mol. The first-order valence-electron chi connectivity index (χ1n) is 8.10. The van der Waals surface area contributed by atoms with Crippen LogP contribution in [0.5, 0.6) is 0 Å². The summed E-state index contributed by atoms with van der Waals surface area (Å²) in [5, 5.41) is 16.8. The molecule has 4 rings (SSSR count). The number of hydrogen-bond donors (Lipinski definition) is 1. The maximum atomic E-state index is 9.74. The zero-order valence-electron chi connectivity index (χ0n) is 13.5. The Morgan fingerprint density at radius 1 is 1.12 bits per heavy atom. The summed E-state index contributed by atoms with van der Waals surface area (Å²) in [5.74, 6) is 0. The van der Waals surface area contributed by atoms with Crippen molar-refractivity contribution < 1.29 is 0 Å². The van der Waals surface area contributed by atoms with Gasteiger partial charge in [-0.15, -0.1) is 0 Å². The molecule has 0 aliphatic carbocycles. The number of rotatable bonds is 2. The quantitative estimate of drug-likeness (QED) is 0.781. The number of fused-ring (bicyclic) bond motifs is 1. The zero-order valence-corrected chi connectivity index (χ0v) is 15.1. The van der Waals surface area contributed by atoms with Crippen molar-refractivity contribution in [3.05, 3.63) is 86.4 Å². The summed E-state index contributed by atoms with van der Waals surface area (Å²) in [6.07, 6.45) is 0.969. The highest BCUT2D eigenvalue weighted by atomic mass is 35.5. The number of thioether (sulfide) groups is 1. The summed E-state index contributed by atoms with van der Waals surface area (Å²) in [6.45, 7) is 1.64. The number of halogens is 1. The second-order valence-electron chi connectivity index (χ2n) is 6.01. The van der Waals surface area contributed by atoms with Crippen molar-refractivity contribution in [3.8, 4) is 6.07 Å². The molecule has 0 aromatic heterocycles. The molecule has 124 valence electrons. The van der Waals surface area contributed by atoms with Crippen molar-refractivity contribution in [2.45, 2.75) is 13.0 Å². The Balaban J connectivity index is 1.56. The van der Waals surface area contributed by atoms with Gasteiger partial charge in [-0.1, -0.05) is 59.8 Å². The molecule has 0 radical (unpaired) electrons. The van der Waals surface area contributed by atoms with Crippen LogP contribution in [0.2, 0.25) is 5.02 Å². The average molecular weight is 366 g/mol. The smallest absolute Gasteiger partial charge is 0.147 e. The highest BCUT2D eigenvalue weighted by Crippen LogP contribution is 2.34. The molecule has 5 heteroatoms. The minimum Gasteiger partial charge on any atom is -0.356 e. The average Bonchev–Trinajstić information content (AvgIpc) is 3.12. The first-order chi connectivity index (χ1) is 12.2. The van der Waals surface area contributed by atoms with Crippen molar-refractivity contribution in [2.24, 2.45) is 0 Å². The van der Waals surface area contributed by atoms with Crippen LogP contribution in [-0.2, 0) is 13.0 Å². The predicted molar refractivity (Wildman–Crippen MR) is 103 cm³/mol. The second-order valence-corrected chi connectivity index (χ2v) is 7.33. The molecule has 0 atom stereocenters. The Morgan fingerprint density at radius 3 is 2.64 bits per heavy atom. The molecule has 0 bridgehead atoms. The largest absolute Gasteiger partial charge is 0.356 e. The number of nitriles is 1. The van der Waals surface area contributed by atoms with Crippen molar-refractivity contribution >= 4 is 29.1 Å². The lowest BCUT2D eigenvalue weighted by atomic mass is 10.00. The minimum atomic E-state index is 0.708. The third-order valence-electron chi connectivity index (χ3n) is 4.47. The lowest BCUT2D eigenvalue weighted by Crippen LogP contribution is -2.31. The fourth-order valence-electron chi connectivity index (χ4n) is 3.14. The van der Waals surface area contributed by atoms with E-state index in [1.807, 2.05) is 29.7 Å². The van der Waals surface area contributed by atoms with E-state index in [0.717, 1.165) is 40.8 Å². The lowest BCUT2D eigenvalue weighted by molar-refractivity contribution is 0.332. The van der Waals surface area contributed by atoms with Gasteiger partial charge < -0.3 is 10.2 Å². The Kier molecular flexibility index (Phi) is 4.44. The Hall–Kier alpha value is -2.35. The van der Waals surface area contributed by atoms with Gasteiger partial charge in [-0.25, -0.2) is 0 Å². The Bertz CT molecular complexity index is 909. The lowest BCUT2D eigenvalue weighted by Gasteiger charge is -2.30. The first-order valence-corrected chi connectivity index (χ1v) is 9.36. The van der Waals surface area contributed by atoms with E-state index in [2.05, 4.69) is 40.6 Å². The monoisotopic (exact) mass is 365 g/mol. The van der Waals surface area contributed by atoms with E-state index >= 15 is 0 Å². The van der Waals surface area contributed by atoms with Gasteiger partial charge in [0.05, 0.1) is 5.70 Å². The number of nitrogens with one attached hydrogen (secondary N) is 1. The van der Waals surface area contributed by atoms with Crippen LogP contribution in [0.25, 0.3) is 5.70 Å². The molecule has 2 aromatic rings. The number of benzene rings is 2. The van der Waals surface area contributed by atoms with Gasteiger partial charge >= 0.3 is 0 Å². The number of hydrogen-bond acceptors (Lipinski definition) is 4.